The van der Waals surface area contributed by atoms with E-state index in [1.807, 2.05) is 0 Å². The van der Waals surface area contributed by atoms with E-state index < -0.39 is 0 Å². The minimum atomic E-state index is 0.676. The van der Waals surface area contributed by atoms with Crippen LogP contribution >= 0.6 is 0 Å². The van der Waals surface area contributed by atoms with Crippen LogP contribution in [0.25, 0.3) is 0 Å². The maximum Gasteiger partial charge on any atom is 0.0290 e. The van der Waals surface area contributed by atoms with Crippen LogP contribution in [0, 0.1) is 5.92 Å². The van der Waals surface area contributed by atoms with Crippen LogP contribution in [0.2, 0.25) is 0 Å². The van der Waals surface area contributed by atoms with Gasteiger partial charge >= 0.3 is 0 Å². The Kier molecular flexibility index (Phi) is 3.16. The van der Waals surface area contributed by atoms with Crippen LogP contribution in [0.5, 0.6) is 0 Å². The molecule has 1 aliphatic rings. The van der Waals surface area contributed by atoms with Gasteiger partial charge in [0.15, 0.2) is 0 Å². The minimum Gasteiger partial charge on any atom is -0.313 e. The molecule has 0 aliphatic carbocycles. The van der Waals surface area contributed by atoms with Gasteiger partial charge in [-0.05, 0) is 12.5 Å². The molecule has 1 rings (SSSR count). The third-order valence-electron chi connectivity index (χ3n) is 2.25. The van der Waals surface area contributed by atoms with E-state index in [4.69, 9.17) is 0 Å². The SMILES string of the molecule is CCNC1C[N]CC1CC. The summed E-state index contributed by atoms with van der Waals surface area (Å²) in [6.45, 7) is 7.60. The predicted molar refractivity (Wildman–Crippen MR) is 43.1 cm³/mol. The smallest absolute Gasteiger partial charge is 0.0290 e. The van der Waals surface area contributed by atoms with Gasteiger partial charge in [0.1, 0.15) is 0 Å². The lowest BCUT2D eigenvalue weighted by Gasteiger charge is -2.16. The standard InChI is InChI=1S/C8H17N2/c1-3-7-5-9-6-8(7)10-4-2/h7-8,10H,3-6H2,1-2H3. The first kappa shape index (κ1) is 8.02. The Morgan fingerprint density at radius 1 is 1.40 bits per heavy atom. The molecule has 0 bridgehead atoms. The zero-order valence-electron chi connectivity index (χ0n) is 6.93. The van der Waals surface area contributed by atoms with Crippen molar-refractivity contribution < 1.29 is 0 Å². The van der Waals surface area contributed by atoms with Crippen molar-refractivity contribution in [3.05, 3.63) is 0 Å². The summed E-state index contributed by atoms with van der Waals surface area (Å²) in [6, 6.07) is 0.676. The molecule has 0 amide bonds. The van der Waals surface area contributed by atoms with E-state index >= 15 is 0 Å². The minimum absolute atomic E-state index is 0.676. The zero-order chi connectivity index (χ0) is 7.40. The van der Waals surface area contributed by atoms with Gasteiger partial charge in [-0.1, -0.05) is 20.3 Å². The van der Waals surface area contributed by atoms with Crippen LogP contribution in [0.3, 0.4) is 0 Å². The predicted octanol–water partition coefficient (Wildman–Crippen LogP) is 0.609. The Hall–Kier alpha value is -0.0800. The van der Waals surface area contributed by atoms with Crippen molar-refractivity contribution in [2.45, 2.75) is 26.3 Å². The number of nitrogens with zero attached hydrogens (tertiary/aromatic N) is 1. The largest absolute Gasteiger partial charge is 0.313 e. The Labute approximate surface area is 63.4 Å². The number of rotatable bonds is 3. The molecule has 0 saturated carbocycles. The molecule has 1 aliphatic heterocycles. The molecule has 2 unspecified atom stereocenters. The molecule has 2 nitrogen and oxygen atoms in total. The molecular weight excluding hydrogens is 124 g/mol. The van der Waals surface area contributed by atoms with Crippen molar-refractivity contribution in [1.29, 1.82) is 0 Å². The molecule has 1 radical (unpaired) electrons. The van der Waals surface area contributed by atoms with Crippen LogP contribution in [0.15, 0.2) is 0 Å². The highest BCUT2D eigenvalue weighted by molar-refractivity contribution is 4.84. The molecule has 0 aromatic heterocycles. The number of nitrogens with one attached hydrogen (secondary N) is 1. The lowest BCUT2D eigenvalue weighted by atomic mass is 10.0. The maximum absolute atomic E-state index is 4.37. The van der Waals surface area contributed by atoms with Crippen LogP contribution in [0.4, 0.5) is 0 Å². The normalized spacial score (nSPS) is 33.0. The van der Waals surface area contributed by atoms with Crippen molar-refractivity contribution in [3.63, 3.8) is 0 Å². The first-order valence-corrected chi connectivity index (χ1v) is 4.25. The Bertz CT molecular complexity index is 93.3. The van der Waals surface area contributed by atoms with Crippen molar-refractivity contribution in [3.8, 4) is 0 Å². The van der Waals surface area contributed by atoms with Gasteiger partial charge in [0, 0.05) is 19.1 Å². The lowest BCUT2D eigenvalue weighted by Crippen LogP contribution is -2.35. The Morgan fingerprint density at radius 3 is 2.80 bits per heavy atom. The molecule has 10 heavy (non-hydrogen) atoms. The van der Waals surface area contributed by atoms with Crippen molar-refractivity contribution >= 4 is 0 Å². The fraction of sp³-hybridized carbons (Fsp3) is 1.00. The van der Waals surface area contributed by atoms with E-state index in [0.717, 1.165) is 25.6 Å². The molecular formula is C8H17N2. The number of hydrogen-bond donors (Lipinski definition) is 1. The fourth-order valence-electron chi connectivity index (χ4n) is 1.56. The summed E-state index contributed by atoms with van der Waals surface area (Å²) in [5.74, 6) is 0.806. The van der Waals surface area contributed by atoms with Gasteiger partial charge in [-0.15, -0.1) is 0 Å². The van der Waals surface area contributed by atoms with Gasteiger partial charge in [-0.25, -0.2) is 5.32 Å². The molecule has 2 atom stereocenters. The Morgan fingerprint density at radius 2 is 2.20 bits per heavy atom. The fourth-order valence-corrected chi connectivity index (χ4v) is 1.56. The van der Waals surface area contributed by atoms with E-state index in [1.165, 1.54) is 6.42 Å². The van der Waals surface area contributed by atoms with Crippen LogP contribution in [-0.4, -0.2) is 25.7 Å². The summed E-state index contributed by atoms with van der Waals surface area (Å²) >= 11 is 0. The quantitative estimate of drug-likeness (QED) is 0.612. The molecule has 1 saturated heterocycles. The molecule has 0 aromatic carbocycles. The van der Waals surface area contributed by atoms with Crippen LogP contribution in [-0.2, 0) is 0 Å². The van der Waals surface area contributed by atoms with Crippen LogP contribution < -0.4 is 10.6 Å². The van der Waals surface area contributed by atoms with Gasteiger partial charge in [0.2, 0.25) is 0 Å². The molecule has 1 fully saturated rings. The van der Waals surface area contributed by atoms with E-state index in [2.05, 4.69) is 24.5 Å². The highest BCUT2D eigenvalue weighted by atomic mass is 15.0. The first-order valence-electron chi connectivity index (χ1n) is 4.25. The maximum atomic E-state index is 4.37. The Balaban J connectivity index is 2.27. The second kappa shape index (κ2) is 3.94. The van der Waals surface area contributed by atoms with Gasteiger partial charge in [-0.3, -0.25) is 0 Å². The second-order valence-electron chi connectivity index (χ2n) is 2.92. The van der Waals surface area contributed by atoms with E-state index in [-0.39, 0.29) is 0 Å². The summed E-state index contributed by atoms with van der Waals surface area (Å²) in [5, 5.41) is 7.82. The lowest BCUT2D eigenvalue weighted by molar-refractivity contribution is 0.425. The summed E-state index contributed by atoms with van der Waals surface area (Å²) in [7, 11) is 0. The summed E-state index contributed by atoms with van der Waals surface area (Å²) in [6.07, 6.45) is 1.27. The molecule has 59 valence electrons. The highest BCUT2D eigenvalue weighted by Gasteiger charge is 2.24. The highest BCUT2D eigenvalue weighted by Crippen LogP contribution is 2.13. The number of likely N-dealkylation sites (N-methyl/N-ethyl adjacent to an activating group) is 1. The second-order valence-corrected chi connectivity index (χ2v) is 2.92. The molecule has 0 aromatic rings. The summed E-state index contributed by atoms with van der Waals surface area (Å²) < 4.78 is 0. The van der Waals surface area contributed by atoms with Crippen molar-refractivity contribution in [1.82, 2.24) is 10.6 Å². The molecule has 1 heterocycles. The van der Waals surface area contributed by atoms with Gasteiger partial charge in [-0.2, -0.15) is 0 Å². The average molecular weight is 141 g/mol. The first-order chi connectivity index (χ1) is 4.88. The van der Waals surface area contributed by atoms with E-state index in [9.17, 15) is 0 Å². The molecule has 1 N–H and O–H groups in total. The van der Waals surface area contributed by atoms with E-state index in [0.29, 0.717) is 6.04 Å². The van der Waals surface area contributed by atoms with Crippen molar-refractivity contribution in [2.24, 2.45) is 5.92 Å². The number of hydrogen-bond acceptors (Lipinski definition) is 1. The average Bonchev–Trinajstić information content (AvgIpc) is 2.36. The molecule has 2 heteroatoms. The summed E-state index contributed by atoms with van der Waals surface area (Å²) in [4.78, 5) is 0. The summed E-state index contributed by atoms with van der Waals surface area (Å²) in [5.41, 5.74) is 0. The third kappa shape index (κ3) is 1.70. The van der Waals surface area contributed by atoms with Crippen LogP contribution in [0.1, 0.15) is 20.3 Å². The van der Waals surface area contributed by atoms with Gasteiger partial charge in [0.25, 0.3) is 0 Å². The third-order valence-corrected chi connectivity index (χ3v) is 2.25. The van der Waals surface area contributed by atoms with Gasteiger partial charge in [0.05, 0.1) is 0 Å². The van der Waals surface area contributed by atoms with Gasteiger partial charge < -0.3 is 5.32 Å². The topological polar surface area (TPSA) is 26.1 Å². The molecule has 0 spiro atoms. The van der Waals surface area contributed by atoms with Crippen molar-refractivity contribution in [2.75, 3.05) is 19.6 Å². The zero-order valence-corrected chi connectivity index (χ0v) is 6.93. The monoisotopic (exact) mass is 141 g/mol. The van der Waals surface area contributed by atoms with E-state index in [1.54, 1.807) is 0 Å².